The minimum Gasteiger partial charge on any atom is -0.379 e. The number of amidine groups is 1. The van der Waals surface area contributed by atoms with Crippen LogP contribution >= 0.6 is 24.2 Å². The van der Waals surface area contributed by atoms with E-state index in [9.17, 15) is 0 Å². The van der Waals surface area contributed by atoms with Crippen LogP contribution < -0.4 is 5.73 Å². The van der Waals surface area contributed by atoms with Crippen LogP contribution in [0, 0.1) is 5.41 Å². The fraction of sp³-hybridized carbons (Fsp3) is 0.800. The first-order valence-electron chi connectivity index (χ1n) is 2.74. The summed E-state index contributed by atoms with van der Waals surface area (Å²) in [4.78, 5) is 2.07. The van der Waals surface area contributed by atoms with Crippen molar-refractivity contribution < 1.29 is 0 Å². The molecule has 10 heavy (non-hydrogen) atoms. The highest BCUT2D eigenvalue weighted by Crippen LogP contribution is 1.96. The molecule has 0 heterocycles. The second kappa shape index (κ2) is 7.18. The zero-order valence-electron chi connectivity index (χ0n) is 6.26. The number of nitrogens with zero attached hydrogens (tertiary/aromatic N) is 1. The minimum atomic E-state index is 0. The van der Waals surface area contributed by atoms with Gasteiger partial charge in [0.25, 0.3) is 0 Å². The molecule has 0 fully saturated rings. The molecule has 5 heteroatoms. The molecular formula is C5H14ClN3S. The first kappa shape index (κ1) is 12.7. The van der Waals surface area contributed by atoms with Crippen molar-refractivity contribution in [1.29, 1.82) is 5.41 Å². The predicted molar refractivity (Wildman–Crippen MR) is 50.2 cm³/mol. The normalized spacial score (nSPS) is 9.10. The molecule has 0 aromatic heterocycles. The molecule has 0 aromatic carbocycles. The maximum absolute atomic E-state index is 6.86. The van der Waals surface area contributed by atoms with Crippen molar-refractivity contribution in [3.63, 3.8) is 0 Å². The summed E-state index contributed by atoms with van der Waals surface area (Å²) in [6, 6.07) is 0. The average Bonchev–Trinajstić information content (AvgIpc) is 1.63. The minimum absolute atomic E-state index is 0. The van der Waals surface area contributed by atoms with Crippen molar-refractivity contribution in [2.75, 3.05) is 26.4 Å². The Hall–Kier alpha value is 0.0700. The molecule has 0 bridgehead atoms. The Morgan fingerprint density at radius 3 is 2.40 bits per heavy atom. The molecule has 0 aromatic rings. The van der Waals surface area contributed by atoms with E-state index in [1.807, 2.05) is 14.1 Å². The highest BCUT2D eigenvalue weighted by molar-refractivity contribution is 8.13. The summed E-state index contributed by atoms with van der Waals surface area (Å²) in [5.74, 6) is 0.905. The number of rotatable bonds is 3. The van der Waals surface area contributed by atoms with Gasteiger partial charge in [0, 0.05) is 12.3 Å². The topological polar surface area (TPSA) is 53.1 Å². The molecule has 0 unspecified atom stereocenters. The molecule has 0 rings (SSSR count). The van der Waals surface area contributed by atoms with Crippen LogP contribution in [0.3, 0.4) is 0 Å². The quantitative estimate of drug-likeness (QED) is 0.498. The first-order valence-corrected chi connectivity index (χ1v) is 3.73. The molecule has 0 saturated heterocycles. The predicted octanol–water partition coefficient (Wildman–Crippen LogP) is 0.596. The molecule has 0 radical (unpaired) electrons. The lowest BCUT2D eigenvalue weighted by Crippen LogP contribution is -2.17. The molecule has 0 aliphatic carbocycles. The molecule has 0 atom stereocenters. The third-order valence-corrected chi connectivity index (χ3v) is 1.49. The largest absolute Gasteiger partial charge is 0.379 e. The number of halogens is 1. The third-order valence-electron chi connectivity index (χ3n) is 0.796. The van der Waals surface area contributed by atoms with Crippen molar-refractivity contribution in [2.24, 2.45) is 5.73 Å². The summed E-state index contributed by atoms with van der Waals surface area (Å²) in [5, 5.41) is 7.07. The Kier molecular flexibility index (Phi) is 9.13. The lowest BCUT2D eigenvalue weighted by molar-refractivity contribution is 0.437. The van der Waals surface area contributed by atoms with Crippen LogP contribution in [0.5, 0.6) is 0 Å². The van der Waals surface area contributed by atoms with Crippen molar-refractivity contribution in [1.82, 2.24) is 4.90 Å². The lowest BCUT2D eigenvalue weighted by Gasteiger charge is -2.06. The average molecular weight is 184 g/mol. The van der Waals surface area contributed by atoms with Crippen LogP contribution in [0.1, 0.15) is 0 Å². The van der Waals surface area contributed by atoms with Crippen molar-refractivity contribution in [2.45, 2.75) is 0 Å². The van der Waals surface area contributed by atoms with E-state index in [-0.39, 0.29) is 17.6 Å². The smallest absolute Gasteiger partial charge is 0.151 e. The van der Waals surface area contributed by atoms with E-state index in [1.165, 1.54) is 11.8 Å². The Morgan fingerprint density at radius 1 is 1.60 bits per heavy atom. The number of nitrogens with two attached hydrogens (primary N) is 1. The van der Waals surface area contributed by atoms with E-state index in [0.717, 1.165) is 12.3 Å². The van der Waals surface area contributed by atoms with Gasteiger partial charge in [0.2, 0.25) is 0 Å². The van der Waals surface area contributed by atoms with Crippen LogP contribution in [-0.2, 0) is 0 Å². The fourth-order valence-corrected chi connectivity index (χ4v) is 1.01. The molecule has 3 nitrogen and oxygen atoms in total. The van der Waals surface area contributed by atoms with Gasteiger partial charge in [0.1, 0.15) is 0 Å². The first-order chi connectivity index (χ1) is 4.13. The molecule has 62 valence electrons. The number of hydrogen-bond acceptors (Lipinski definition) is 3. The van der Waals surface area contributed by atoms with Crippen molar-refractivity contribution in [3.05, 3.63) is 0 Å². The zero-order valence-corrected chi connectivity index (χ0v) is 7.89. The molecular weight excluding hydrogens is 170 g/mol. The van der Waals surface area contributed by atoms with E-state index in [0.29, 0.717) is 0 Å². The summed E-state index contributed by atoms with van der Waals surface area (Å²) in [6.07, 6.45) is 0. The summed E-state index contributed by atoms with van der Waals surface area (Å²) < 4.78 is 0. The fourth-order valence-electron chi connectivity index (χ4n) is 0.338. The van der Waals surface area contributed by atoms with Gasteiger partial charge >= 0.3 is 0 Å². The van der Waals surface area contributed by atoms with Gasteiger partial charge in [-0.25, -0.2) is 0 Å². The summed E-state index contributed by atoms with van der Waals surface area (Å²) in [6.45, 7) is 0.976. The van der Waals surface area contributed by atoms with Gasteiger partial charge in [-0.3, -0.25) is 5.41 Å². The van der Waals surface area contributed by atoms with E-state index in [1.54, 1.807) is 0 Å². The zero-order chi connectivity index (χ0) is 7.28. The van der Waals surface area contributed by atoms with Crippen molar-refractivity contribution in [3.8, 4) is 0 Å². The van der Waals surface area contributed by atoms with Gasteiger partial charge in [-0.2, -0.15) is 0 Å². The van der Waals surface area contributed by atoms with Gasteiger partial charge in [0.15, 0.2) is 5.17 Å². The number of hydrogen-bond donors (Lipinski definition) is 2. The van der Waals surface area contributed by atoms with Crippen LogP contribution in [0.15, 0.2) is 0 Å². The van der Waals surface area contributed by atoms with Gasteiger partial charge in [-0.15, -0.1) is 12.4 Å². The summed E-state index contributed by atoms with van der Waals surface area (Å²) in [5.41, 5.74) is 5.11. The molecule has 0 spiro atoms. The van der Waals surface area contributed by atoms with E-state index in [4.69, 9.17) is 11.1 Å². The van der Waals surface area contributed by atoms with E-state index in [2.05, 4.69) is 4.90 Å². The Morgan fingerprint density at radius 2 is 2.10 bits per heavy atom. The second-order valence-electron chi connectivity index (χ2n) is 2.02. The summed E-state index contributed by atoms with van der Waals surface area (Å²) in [7, 11) is 4.00. The van der Waals surface area contributed by atoms with Gasteiger partial charge in [-0.1, -0.05) is 11.8 Å². The molecule has 0 saturated carbocycles. The SMILES string of the molecule is CN(C)CCSC(=N)N.Cl. The van der Waals surface area contributed by atoms with Gasteiger partial charge in [0.05, 0.1) is 0 Å². The standard InChI is InChI=1S/C5H13N3S.ClH/c1-8(2)3-4-9-5(6)7;/h3-4H2,1-2H3,(H3,6,7);1H. The van der Waals surface area contributed by atoms with Crippen LogP contribution in [0.25, 0.3) is 0 Å². The van der Waals surface area contributed by atoms with Crippen LogP contribution in [0.4, 0.5) is 0 Å². The maximum atomic E-state index is 6.86. The number of nitrogens with one attached hydrogen (secondary N) is 1. The van der Waals surface area contributed by atoms with Gasteiger partial charge < -0.3 is 10.6 Å². The highest BCUT2D eigenvalue weighted by atomic mass is 35.5. The lowest BCUT2D eigenvalue weighted by atomic mass is 10.7. The van der Waals surface area contributed by atoms with Crippen molar-refractivity contribution >= 4 is 29.3 Å². The summed E-state index contributed by atoms with van der Waals surface area (Å²) >= 11 is 1.38. The van der Waals surface area contributed by atoms with Gasteiger partial charge in [-0.05, 0) is 14.1 Å². The molecule has 3 N–H and O–H groups in total. The number of thioether (sulfide) groups is 1. The monoisotopic (exact) mass is 183 g/mol. The molecule has 0 aliphatic heterocycles. The highest BCUT2D eigenvalue weighted by Gasteiger charge is 1.91. The molecule has 0 amide bonds. The Balaban J connectivity index is 0. The Bertz CT molecular complexity index is 96.9. The van der Waals surface area contributed by atoms with Crippen LogP contribution in [0.2, 0.25) is 0 Å². The van der Waals surface area contributed by atoms with E-state index < -0.39 is 0 Å². The Labute approximate surface area is 72.3 Å². The molecule has 0 aliphatic rings. The van der Waals surface area contributed by atoms with Crippen LogP contribution in [-0.4, -0.2) is 36.5 Å². The maximum Gasteiger partial charge on any atom is 0.151 e. The second-order valence-corrected chi connectivity index (χ2v) is 3.15. The third kappa shape index (κ3) is 10.9. The van der Waals surface area contributed by atoms with E-state index >= 15 is 0 Å².